The van der Waals surface area contributed by atoms with Crippen molar-refractivity contribution in [2.24, 2.45) is 0 Å². The van der Waals surface area contributed by atoms with Gasteiger partial charge in [-0.05, 0) is 68.8 Å². The number of allylic oxidation sites excluding steroid dienone is 1. The second-order valence-electron chi connectivity index (χ2n) is 8.69. The van der Waals surface area contributed by atoms with Crippen LogP contribution in [0.2, 0.25) is 0 Å². The standard InChI is InChI=1S/C25H25FN2O2S/c1-15-7-6-8-17(9-15)14-28-23(29)22(31-24(28)30)11-18-10-19-16(2)13-25(3,4)27(5)21(19)12-20(18)26/h6-13H,14H2,1-5H3/b22-11+. The van der Waals surface area contributed by atoms with Crippen molar-refractivity contribution in [3.8, 4) is 0 Å². The molecule has 6 heteroatoms. The maximum Gasteiger partial charge on any atom is 0.293 e. The Bertz CT molecular complexity index is 1170. The highest BCUT2D eigenvalue weighted by Gasteiger charge is 2.35. The molecule has 2 aliphatic heterocycles. The highest BCUT2D eigenvalue weighted by Crippen LogP contribution is 2.40. The van der Waals surface area contributed by atoms with E-state index in [9.17, 15) is 14.0 Å². The first kappa shape index (κ1) is 21.4. The Balaban J connectivity index is 1.66. The van der Waals surface area contributed by atoms with Gasteiger partial charge < -0.3 is 4.90 Å². The van der Waals surface area contributed by atoms with Crippen LogP contribution in [0.25, 0.3) is 11.6 Å². The number of hydrogen-bond acceptors (Lipinski definition) is 4. The Kier molecular flexibility index (Phi) is 5.30. The van der Waals surface area contributed by atoms with E-state index in [1.54, 1.807) is 6.07 Å². The minimum atomic E-state index is -0.415. The van der Waals surface area contributed by atoms with Crippen LogP contribution in [0.5, 0.6) is 0 Å². The monoisotopic (exact) mass is 436 g/mol. The molecule has 2 aromatic rings. The van der Waals surface area contributed by atoms with Crippen LogP contribution in [0.3, 0.4) is 0 Å². The van der Waals surface area contributed by atoms with Crippen LogP contribution in [-0.2, 0) is 11.3 Å². The molecule has 0 aromatic heterocycles. The van der Waals surface area contributed by atoms with Crippen LogP contribution >= 0.6 is 11.8 Å². The van der Waals surface area contributed by atoms with Crippen LogP contribution in [-0.4, -0.2) is 28.6 Å². The van der Waals surface area contributed by atoms with Gasteiger partial charge in [0.2, 0.25) is 0 Å². The number of carbonyl (C=O) groups excluding carboxylic acids is 2. The van der Waals surface area contributed by atoms with Crippen molar-refractivity contribution < 1.29 is 14.0 Å². The Hall–Kier alpha value is -2.86. The van der Waals surface area contributed by atoms with Gasteiger partial charge in [-0.3, -0.25) is 14.5 Å². The number of nitrogens with zero attached hydrogens (tertiary/aromatic N) is 2. The zero-order chi connectivity index (χ0) is 22.5. The first-order valence-electron chi connectivity index (χ1n) is 10.1. The molecule has 160 valence electrons. The summed E-state index contributed by atoms with van der Waals surface area (Å²) in [5, 5.41) is -0.339. The molecule has 2 aliphatic rings. The van der Waals surface area contributed by atoms with E-state index in [4.69, 9.17) is 0 Å². The molecule has 2 heterocycles. The van der Waals surface area contributed by atoms with Crippen molar-refractivity contribution in [1.82, 2.24) is 4.90 Å². The van der Waals surface area contributed by atoms with Gasteiger partial charge in [-0.2, -0.15) is 0 Å². The second-order valence-corrected chi connectivity index (χ2v) is 9.68. The van der Waals surface area contributed by atoms with Gasteiger partial charge in [0.05, 0.1) is 17.0 Å². The Morgan fingerprint density at radius 1 is 1.13 bits per heavy atom. The van der Waals surface area contributed by atoms with E-state index in [-0.39, 0.29) is 28.1 Å². The van der Waals surface area contributed by atoms with E-state index >= 15 is 0 Å². The van der Waals surface area contributed by atoms with Gasteiger partial charge in [-0.1, -0.05) is 35.9 Å². The maximum absolute atomic E-state index is 15.0. The summed E-state index contributed by atoms with van der Waals surface area (Å²) in [6, 6.07) is 11.0. The number of rotatable bonds is 3. The van der Waals surface area contributed by atoms with Crippen LogP contribution in [0.1, 0.15) is 43.0 Å². The molecule has 0 saturated carbocycles. The molecular formula is C25H25FN2O2S. The zero-order valence-electron chi connectivity index (χ0n) is 18.3. The minimum Gasteiger partial charge on any atom is -0.365 e. The van der Waals surface area contributed by atoms with Gasteiger partial charge in [0.25, 0.3) is 11.1 Å². The number of hydrogen-bond donors (Lipinski definition) is 0. The van der Waals surface area contributed by atoms with Crippen LogP contribution in [0, 0.1) is 12.7 Å². The third-order valence-corrected chi connectivity index (χ3v) is 6.83. The first-order chi connectivity index (χ1) is 14.6. The number of anilines is 1. The van der Waals surface area contributed by atoms with E-state index in [1.165, 1.54) is 17.0 Å². The number of carbonyl (C=O) groups is 2. The van der Waals surface area contributed by atoms with Crippen LogP contribution in [0.15, 0.2) is 47.4 Å². The van der Waals surface area contributed by atoms with E-state index in [0.29, 0.717) is 5.56 Å². The molecule has 0 aliphatic carbocycles. The highest BCUT2D eigenvalue weighted by molar-refractivity contribution is 8.18. The van der Waals surface area contributed by atoms with Crippen molar-refractivity contribution in [2.75, 3.05) is 11.9 Å². The van der Waals surface area contributed by atoms with Crippen molar-refractivity contribution in [3.05, 3.63) is 75.5 Å². The van der Waals surface area contributed by atoms with E-state index in [0.717, 1.165) is 39.7 Å². The number of fused-ring (bicyclic) bond motifs is 1. The number of imide groups is 1. The number of halogens is 1. The molecule has 0 bridgehead atoms. The lowest BCUT2D eigenvalue weighted by molar-refractivity contribution is -0.123. The summed E-state index contributed by atoms with van der Waals surface area (Å²) in [5.41, 5.74) is 4.83. The predicted molar refractivity (Wildman–Crippen MR) is 125 cm³/mol. The number of likely N-dealkylation sites (N-methyl/N-ethyl adjacent to an activating group) is 1. The Morgan fingerprint density at radius 3 is 2.58 bits per heavy atom. The van der Waals surface area contributed by atoms with Crippen LogP contribution in [0.4, 0.5) is 14.9 Å². The molecule has 4 nitrogen and oxygen atoms in total. The molecule has 0 N–H and O–H groups in total. The molecule has 0 spiro atoms. The summed E-state index contributed by atoms with van der Waals surface area (Å²) < 4.78 is 15.0. The molecule has 0 radical (unpaired) electrons. The Labute approximate surface area is 186 Å². The largest absolute Gasteiger partial charge is 0.365 e. The molecule has 0 unspecified atom stereocenters. The van der Waals surface area contributed by atoms with Crippen molar-refractivity contribution >= 4 is 40.2 Å². The fourth-order valence-corrected chi connectivity index (χ4v) is 4.90. The van der Waals surface area contributed by atoms with Gasteiger partial charge in [0.15, 0.2) is 0 Å². The van der Waals surface area contributed by atoms with E-state index in [2.05, 4.69) is 19.9 Å². The second kappa shape index (κ2) is 7.68. The molecule has 31 heavy (non-hydrogen) atoms. The van der Waals surface area contributed by atoms with Gasteiger partial charge >= 0.3 is 0 Å². The average Bonchev–Trinajstić information content (AvgIpc) is 2.94. The molecular weight excluding hydrogens is 411 g/mol. The fraction of sp³-hybridized carbons (Fsp3) is 0.280. The molecule has 0 atom stereocenters. The molecule has 2 amide bonds. The number of amides is 2. The van der Waals surface area contributed by atoms with Gasteiger partial charge in [0, 0.05) is 23.9 Å². The molecule has 1 fully saturated rings. The number of benzene rings is 2. The Morgan fingerprint density at radius 2 is 1.87 bits per heavy atom. The summed E-state index contributed by atoms with van der Waals surface area (Å²) in [6.45, 7) is 8.33. The summed E-state index contributed by atoms with van der Waals surface area (Å²) >= 11 is 0.854. The zero-order valence-corrected chi connectivity index (χ0v) is 19.1. The van der Waals surface area contributed by atoms with Gasteiger partial charge in [-0.25, -0.2) is 4.39 Å². The fourth-order valence-electron chi connectivity index (χ4n) is 4.07. The topological polar surface area (TPSA) is 40.6 Å². The molecule has 4 rings (SSSR count). The number of aryl methyl sites for hydroxylation is 1. The minimum absolute atomic E-state index is 0.206. The lowest BCUT2D eigenvalue weighted by atomic mass is 9.88. The molecule has 1 saturated heterocycles. The number of thioether (sulfide) groups is 1. The quantitative estimate of drug-likeness (QED) is 0.553. The molecule has 2 aromatic carbocycles. The normalized spacial score (nSPS) is 19.2. The highest BCUT2D eigenvalue weighted by atomic mass is 32.2. The van der Waals surface area contributed by atoms with E-state index in [1.807, 2.05) is 50.1 Å². The smallest absolute Gasteiger partial charge is 0.293 e. The van der Waals surface area contributed by atoms with Crippen LogP contribution < -0.4 is 4.90 Å². The first-order valence-corrected chi connectivity index (χ1v) is 11.0. The lowest BCUT2D eigenvalue weighted by Crippen LogP contribution is -2.42. The SMILES string of the molecule is CC1=CC(C)(C)N(C)c2cc(F)c(/C=C3/SC(=O)N(Cc4cccc(C)c4)C3=O)cc21. The average molecular weight is 437 g/mol. The summed E-state index contributed by atoms with van der Waals surface area (Å²) in [6.07, 6.45) is 3.64. The van der Waals surface area contributed by atoms with Crippen molar-refractivity contribution in [1.29, 1.82) is 0 Å². The van der Waals surface area contributed by atoms with E-state index < -0.39 is 5.82 Å². The van der Waals surface area contributed by atoms with Crippen molar-refractivity contribution in [2.45, 2.75) is 39.8 Å². The third-order valence-electron chi connectivity index (χ3n) is 5.92. The van der Waals surface area contributed by atoms with Gasteiger partial charge in [0.1, 0.15) is 5.82 Å². The lowest BCUT2D eigenvalue weighted by Gasteiger charge is -2.40. The summed E-state index contributed by atoms with van der Waals surface area (Å²) in [7, 11) is 1.94. The predicted octanol–water partition coefficient (Wildman–Crippen LogP) is 6.00. The summed E-state index contributed by atoms with van der Waals surface area (Å²) in [4.78, 5) is 28.9. The maximum atomic E-state index is 15.0. The van der Waals surface area contributed by atoms with Crippen molar-refractivity contribution in [3.63, 3.8) is 0 Å². The summed E-state index contributed by atoms with van der Waals surface area (Å²) in [5.74, 6) is -0.805. The third kappa shape index (κ3) is 3.92. The van der Waals surface area contributed by atoms with Gasteiger partial charge in [-0.15, -0.1) is 0 Å².